The van der Waals surface area contributed by atoms with E-state index in [0.717, 1.165) is 17.3 Å². The van der Waals surface area contributed by atoms with E-state index in [-0.39, 0.29) is 5.97 Å². The van der Waals surface area contributed by atoms with Crippen LogP contribution in [0.4, 0.5) is 0 Å². The fourth-order valence-corrected chi connectivity index (χ4v) is 1.94. The van der Waals surface area contributed by atoms with Crippen molar-refractivity contribution in [2.24, 2.45) is 0 Å². The quantitative estimate of drug-likeness (QED) is 0.627. The van der Waals surface area contributed by atoms with E-state index in [1.807, 2.05) is 6.07 Å². The van der Waals surface area contributed by atoms with Gasteiger partial charge in [0.05, 0.1) is 17.2 Å². The molecule has 0 unspecified atom stereocenters. The van der Waals surface area contributed by atoms with Gasteiger partial charge in [-0.3, -0.25) is 0 Å². The molecule has 0 heterocycles. The maximum Gasteiger partial charge on any atom is 0.339 e. The summed E-state index contributed by atoms with van der Waals surface area (Å²) in [6.07, 6.45) is 0.892. The van der Waals surface area contributed by atoms with Crippen molar-refractivity contribution in [1.29, 1.82) is 0 Å². The van der Waals surface area contributed by atoms with E-state index < -0.39 is 0 Å². The lowest BCUT2D eigenvalue weighted by Crippen LogP contribution is -2.05. The second-order valence-electron chi connectivity index (χ2n) is 2.97. The van der Waals surface area contributed by atoms with Crippen molar-refractivity contribution in [3.8, 4) is 0 Å². The molecule has 1 rings (SSSR count). The molecule has 0 aliphatic carbocycles. The van der Waals surface area contributed by atoms with Gasteiger partial charge in [-0.25, -0.2) is 4.79 Å². The highest BCUT2D eigenvalue weighted by Gasteiger charge is 2.11. The molecule has 0 aliphatic heterocycles. The minimum atomic E-state index is -0.368. The summed E-state index contributed by atoms with van der Waals surface area (Å²) < 4.78 is 4.88. The van der Waals surface area contributed by atoms with E-state index in [1.54, 1.807) is 19.1 Å². The first kappa shape index (κ1) is 12.5. The third kappa shape index (κ3) is 3.50. The first-order chi connectivity index (χ1) is 7.19. The molecule has 0 N–H and O–H groups in total. The number of alkyl halides is 1. The molecule has 2 nitrogen and oxygen atoms in total. The molecule has 1 aromatic carbocycles. The molecule has 1 aromatic rings. The number of halogens is 2. The molecule has 0 bridgehead atoms. The number of ether oxygens (including phenoxy) is 1. The van der Waals surface area contributed by atoms with Gasteiger partial charge >= 0.3 is 5.97 Å². The first-order valence-corrected chi connectivity index (χ1v) is 6.20. The number of carbonyl (C=O) groups excluding carboxylic acids is 1. The molecule has 0 fully saturated rings. The van der Waals surface area contributed by atoms with E-state index in [4.69, 9.17) is 16.3 Å². The summed E-state index contributed by atoms with van der Waals surface area (Å²) in [5.74, 6) is -0.368. The van der Waals surface area contributed by atoms with Gasteiger partial charge in [0.25, 0.3) is 0 Å². The maximum absolute atomic E-state index is 11.4. The SMILES string of the molecule is CCOC(=O)c1ccc(CCBr)cc1Cl. The van der Waals surface area contributed by atoms with E-state index in [0.29, 0.717) is 17.2 Å². The van der Waals surface area contributed by atoms with E-state index in [9.17, 15) is 4.79 Å². The van der Waals surface area contributed by atoms with Gasteiger partial charge in [0.15, 0.2) is 0 Å². The Bertz CT molecular complexity index is 352. The van der Waals surface area contributed by atoms with Gasteiger partial charge in [0.1, 0.15) is 0 Å². The van der Waals surface area contributed by atoms with Crippen LogP contribution in [0.25, 0.3) is 0 Å². The Hall–Kier alpha value is -0.540. The molecule has 4 heteroatoms. The first-order valence-electron chi connectivity index (χ1n) is 4.70. The van der Waals surface area contributed by atoms with Crippen molar-refractivity contribution in [3.63, 3.8) is 0 Å². The summed E-state index contributed by atoms with van der Waals surface area (Å²) in [4.78, 5) is 11.4. The number of esters is 1. The zero-order valence-electron chi connectivity index (χ0n) is 8.43. The van der Waals surface area contributed by atoms with Crippen LogP contribution in [0.3, 0.4) is 0 Å². The molecule has 0 saturated heterocycles. The smallest absolute Gasteiger partial charge is 0.339 e. The Morgan fingerprint density at radius 1 is 1.53 bits per heavy atom. The molecule has 0 aliphatic rings. The molecule has 0 radical (unpaired) electrons. The Morgan fingerprint density at radius 2 is 2.27 bits per heavy atom. The number of hydrogen-bond donors (Lipinski definition) is 0. The number of hydrogen-bond acceptors (Lipinski definition) is 2. The second kappa shape index (κ2) is 6.13. The summed E-state index contributed by atoms with van der Waals surface area (Å²) in [6, 6.07) is 5.40. The van der Waals surface area contributed by atoms with Crippen LogP contribution >= 0.6 is 27.5 Å². The van der Waals surface area contributed by atoms with Crippen LogP contribution in [0.1, 0.15) is 22.8 Å². The van der Waals surface area contributed by atoms with Crippen LogP contribution in [0.2, 0.25) is 5.02 Å². The van der Waals surface area contributed by atoms with Crippen LogP contribution in [-0.4, -0.2) is 17.9 Å². The fourth-order valence-electron chi connectivity index (χ4n) is 1.20. The van der Waals surface area contributed by atoms with Gasteiger partial charge in [-0.05, 0) is 31.0 Å². The largest absolute Gasteiger partial charge is 0.462 e. The van der Waals surface area contributed by atoms with Crippen molar-refractivity contribution >= 4 is 33.5 Å². The molecular weight excluding hydrogens is 279 g/mol. The van der Waals surface area contributed by atoms with Gasteiger partial charge in [-0.1, -0.05) is 33.6 Å². The third-order valence-electron chi connectivity index (χ3n) is 1.91. The molecule has 0 spiro atoms. The summed E-state index contributed by atoms with van der Waals surface area (Å²) in [5, 5.41) is 1.33. The maximum atomic E-state index is 11.4. The lowest BCUT2D eigenvalue weighted by Gasteiger charge is -2.05. The molecule has 0 amide bonds. The molecule has 0 saturated carbocycles. The topological polar surface area (TPSA) is 26.3 Å². The minimum Gasteiger partial charge on any atom is -0.462 e. The Labute approximate surface area is 103 Å². The summed E-state index contributed by atoms with van der Waals surface area (Å²) in [7, 11) is 0. The van der Waals surface area contributed by atoms with Gasteiger partial charge in [-0.15, -0.1) is 0 Å². The van der Waals surface area contributed by atoms with Gasteiger partial charge in [0.2, 0.25) is 0 Å². The van der Waals surface area contributed by atoms with Crippen molar-refractivity contribution in [2.45, 2.75) is 13.3 Å². The Kier molecular flexibility index (Phi) is 5.12. The van der Waals surface area contributed by atoms with Crippen LogP contribution < -0.4 is 0 Å². The molecule has 0 aromatic heterocycles. The summed E-state index contributed by atoms with van der Waals surface area (Å²) in [6.45, 7) is 2.13. The van der Waals surface area contributed by atoms with Crippen LogP contribution in [0.15, 0.2) is 18.2 Å². The van der Waals surface area contributed by atoms with Crippen molar-refractivity contribution in [3.05, 3.63) is 34.3 Å². The van der Waals surface area contributed by atoms with Gasteiger partial charge < -0.3 is 4.74 Å². The van der Waals surface area contributed by atoms with Crippen molar-refractivity contribution < 1.29 is 9.53 Å². The van der Waals surface area contributed by atoms with Crippen LogP contribution in [0, 0.1) is 0 Å². The zero-order chi connectivity index (χ0) is 11.3. The predicted molar refractivity (Wildman–Crippen MR) is 64.9 cm³/mol. The Balaban J connectivity index is 2.87. The highest BCUT2D eigenvalue weighted by Crippen LogP contribution is 2.19. The molecule has 15 heavy (non-hydrogen) atoms. The lowest BCUT2D eigenvalue weighted by molar-refractivity contribution is 0.0526. The highest BCUT2D eigenvalue weighted by atomic mass is 79.9. The van der Waals surface area contributed by atoms with Gasteiger partial charge in [-0.2, -0.15) is 0 Å². The van der Waals surface area contributed by atoms with E-state index in [1.165, 1.54) is 0 Å². The van der Waals surface area contributed by atoms with Gasteiger partial charge in [0, 0.05) is 5.33 Å². The summed E-state index contributed by atoms with van der Waals surface area (Å²) >= 11 is 9.33. The standard InChI is InChI=1S/C11H12BrClO2/c1-2-15-11(14)9-4-3-8(5-6-12)7-10(9)13/h3-4,7H,2,5-6H2,1H3. The van der Waals surface area contributed by atoms with Crippen LogP contribution in [0.5, 0.6) is 0 Å². The van der Waals surface area contributed by atoms with Crippen molar-refractivity contribution in [1.82, 2.24) is 0 Å². The highest BCUT2D eigenvalue weighted by molar-refractivity contribution is 9.09. The molecular formula is C11H12BrClO2. The number of aryl methyl sites for hydroxylation is 1. The fraction of sp³-hybridized carbons (Fsp3) is 0.364. The Morgan fingerprint density at radius 3 is 2.80 bits per heavy atom. The number of benzene rings is 1. The number of carbonyl (C=O) groups is 1. The van der Waals surface area contributed by atoms with E-state index in [2.05, 4.69) is 15.9 Å². The second-order valence-corrected chi connectivity index (χ2v) is 4.17. The molecule has 82 valence electrons. The number of rotatable bonds is 4. The van der Waals surface area contributed by atoms with Crippen LogP contribution in [-0.2, 0) is 11.2 Å². The van der Waals surface area contributed by atoms with E-state index >= 15 is 0 Å². The predicted octanol–water partition coefficient (Wildman–Crippen LogP) is 3.45. The summed E-state index contributed by atoms with van der Waals surface area (Å²) in [5.41, 5.74) is 1.53. The average molecular weight is 292 g/mol. The van der Waals surface area contributed by atoms with Crippen molar-refractivity contribution in [2.75, 3.05) is 11.9 Å². The minimum absolute atomic E-state index is 0.359. The lowest BCUT2D eigenvalue weighted by atomic mass is 10.1. The third-order valence-corrected chi connectivity index (χ3v) is 2.62. The normalized spacial score (nSPS) is 10.1. The average Bonchev–Trinajstić information content (AvgIpc) is 2.18. The zero-order valence-corrected chi connectivity index (χ0v) is 10.8. The monoisotopic (exact) mass is 290 g/mol. The molecule has 0 atom stereocenters.